The number of benzene rings is 2. The van der Waals surface area contributed by atoms with Gasteiger partial charge in [-0.15, -0.1) is 0 Å². The van der Waals surface area contributed by atoms with Gasteiger partial charge in [0.2, 0.25) is 0 Å². The summed E-state index contributed by atoms with van der Waals surface area (Å²) >= 11 is 0. The Bertz CT molecular complexity index is 846. The maximum Gasteiger partial charge on any atom is 0.263 e. The molecule has 1 aromatic heterocycles. The minimum atomic E-state index is -3.62. The molecule has 20 heavy (non-hydrogen) atoms. The van der Waals surface area contributed by atoms with E-state index in [1.165, 1.54) is 6.20 Å². The summed E-state index contributed by atoms with van der Waals surface area (Å²) in [5.41, 5.74) is 0. The third kappa shape index (κ3) is 2.48. The summed E-state index contributed by atoms with van der Waals surface area (Å²) in [5, 5.41) is 1.89. The second-order valence-electron chi connectivity index (χ2n) is 4.33. The maximum atomic E-state index is 12.3. The van der Waals surface area contributed by atoms with Crippen LogP contribution in [0.15, 0.2) is 71.8 Å². The number of pyridine rings is 1. The number of fused-ring (bicyclic) bond motifs is 1. The fraction of sp³-hybridized carbons (Fsp3) is 0. The van der Waals surface area contributed by atoms with Crippen molar-refractivity contribution in [3.63, 3.8) is 0 Å². The van der Waals surface area contributed by atoms with E-state index in [-0.39, 0.29) is 4.90 Å². The number of aromatic nitrogens is 1. The Kier molecular flexibility index (Phi) is 3.12. The quantitative estimate of drug-likeness (QED) is 0.804. The van der Waals surface area contributed by atoms with Crippen LogP contribution in [0.25, 0.3) is 10.8 Å². The van der Waals surface area contributed by atoms with E-state index >= 15 is 0 Å². The predicted molar refractivity (Wildman–Crippen MR) is 79.0 cm³/mol. The number of hydrogen-bond donors (Lipinski definition) is 1. The second kappa shape index (κ2) is 4.94. The Morgan fingerprint density at radius 2 is 1.60 bits per heavy atom. The lowest BCUT2D eigenvalue weighted by molar-refractivity contribution is 0.601. The molecule has 0 aliphatic carbocycles. The van der Waals surface area contributed by atoms with Gasteiger partial charge in [0.05, 0.1) is 4.90 Å². The van der Waals surface area contributed by atoms with Crippen molar-refractivity contribution in [2.45, 2.75) is 4.90 Å². The number of sulfonamides is 1. The normalized spacial score (nSPS) is 11.4. The Morgan fingerprint density at radius 3 is 2.35 bits per heavy atom. The molecule has 0 saturated heterocycles. The Hall–Kier alpha value is -2.40. The molecule has 3 rings (SSSR count). The van der Waals surface area contributed by atoms with Crippen LogP contribution in [0.1, 0.15) is 0 Å². The van der Waals surface area contributed by atoms with Gasteiger partial charge in [-0.25, -0.2) is 13.4 Å². The van der Waals surface area contributed by atoms with E-state index in [9.17, 15) is 8.42 Å². The van der Waals surface area contributed by atoms with Gasteiger partial charge in [-0.3, -0.25) is 4.72 Å². The number of anilines is 1. The van der Waals surface area contributed by atoms with E-state index in [0.717, 1.165) is 10.8 Å². The van der Waals surface area contributed by atoms with Crippen LogP contribution in [-0.2, 0) is 10.0 Å². The van der Waals surface area contributed by atoms with Crippen molar-refractivity contribution >= 4 is 26.6 Å². The standard InChI is InChI=1S/C15H12N2O2S/c18-20(19,17-15-7-3-4-10-16-15)14-9-8-12-5-1-2-6-13(12)11-14/h1-11H,(H,16,17). The highest BCUT2D eigenvalue weighted by atomic mass is 32.2. The molecule has 0 atom stereocenters. The molecule has 4 nitrogen and oxygen atoms in total. The number of nitrogens with one attached hydrogen (secondary N) is 1. The van der Waals surface area contributed by atoms with Crippen molar-refractivity contribution in [1.29, 1.82) is 0 Å². The minimum Gasteiger partial charge on any atom is -0.263 e. The number of nitrogens with zero attached hydrogens (tertiary/aromatic N) is 1. The SMILES string of the molecule is O=S(=O)(Nc1ccccn1)c1ccc2ccccc2c1. The van der Waals surface area contributed by atoms with Gasteiger partial charge in [0.15, 0.2) is 0 Å². The lowest BCUT2D eigenvalue weighted by atomic mass is 10.1. The van der Waals surface area contributed by atoms with Gasteiger partial charge in [0.1, 0.15) is 5.82 Å². The van der Waals surface area contributed by atoms with E-state index in [1.54, 1.807) is 36.4 Å². The van der Waals surface area contributed by atoms with Crippen LogP contribution in [-0.4, -0.2) is 13.4 Å². The zero-order valence-electron chi connectivity index (χ0n) is 10.5. The molecule has 2 aromatic carbocycles. The molecule has 1 N–H and O–H groups in total. The summed E-state index contributed by atoms with van der Waals surface area (Å²) in [5.74, 6) is 0.306. The highest BCUT2D eigenvalue weighted by Gasteiger charge is 2.14. The van der Waals surface area contributed by atoms with Crippen molar-refractivity contribution in [3.8, 4) is 0 Å². The molecule has 0 bridgehead atoms. The van der Waals surface area contributed by atoms with Gasteiger partial charge in [-0.2, -0.15) is 0 Å². The average Bonchev–Trinajstić information content (AvgIpc) is 2.47. The maximum absolute atomic E-state index is 12.3. The van der Waals surface area contributed by atoms with Crippen LogP contribution >= 0.6 is 0 Å². The van der Waals surface area contributed by atoms with E-state index in [2.05, 4.69) is 9.71 Å². The molecule has 0 unspecified atom stereocenters. The lowest BCUT2D eigenvalue weighted by Gasteiger charge is -2.08. The summed E-state index contributed by atoms with van der Waals surface area (Å²) < 4.78 is 27.0. The van der Waals surface area contributed by atoms with Crippen molar-refractivity contribution in [2.75, 3.05) is 4.72 Å². The van der Waals surface area contributed by atoms with Crippen LogP contribution in [0.3, 0.4) is 0 Å². The molecule has 0 saturated carbocycles. The van der Waals surface area contributed by atoms with E-state index in [1.807, 2.05) is 24.3 Å². The van der Waals surface area contributed by atoms with Crippen LogP contribution in [0.5, 0.6) is 0 Å². The molecular formula is C15H12N2O2S. The van der Waals surface area contributed by atoms with E-state index < -0.39 is 10.0 Å². The molecule has 0 aliphatic heterocycles. The molecular weight excluding hydrogens is 272 g/mol. The molecule has 1 heterocycles. The van der Waals surface area contributed by atoms with Gasteiger partial charge in [0.25, 0.3) is 10.0 Å². The molecule has 0 radical (unpaired) electrons. The molecule has 0 spiro atoms. The Morgan fingerprint density at radius 1 is 0.850 bits per heavy atom. The van der Waals surface area contributed by atoms with Crippen molar-refractivity contribution in [3.05, 3.63) is 66.9 Å². The first kappa shape index (κ1) is 12.6. The Balaban J connectivity index is 2.01. The fourth-order valence-corrected chi connectivity index (χ4v) is 3.00. The molecule has 0 aliphatic rings. The van der Waals surface area contributed by atoms with Crippen LogP contribution in [0, 0.1) is 0 Å². The number of hydrogen-bond acceptors (Lipinski definition) is 3. The first-order valence-electron chi connectivity index (χ1n) is 6.08. The average molecular weight is 284 g/mol. The van der Waals surface area contributed by atoms with Crippen molar-refractivity contribution < 1.29 is 8.42 Å². The molecule has 100 valence electrons. The van der Waals surface area contributed by atoms with Crippen molar-refractivity contribution in [1.82, 2.24) is 4.98 Å². The lowest BCUT2D eigenvalue weighted by Crippen LogP contribution is -2.13. The first-order valence-corrected chi connectivity index (χ1v) is 7.56. The van der Waals surface area contributed by atoms with Gasteiger partial charge >= 0.3 is 0 Å². The minimum absolute atomic E-state index is 0.224. The zero-order valence-corrected chi connectivity index (χ0v) is 11.3. The van der Waals surface area contributed by atoms with Gasteiger partial charge in [0, 0.05) is 6.20 Å². The molecule has 5 heteroatoms. The van der Waals surface area contributed by atoms with Crippen LogP contribution in [0.2, 0.25) is 0 Å². The summed E-state index contributed by atoms with van der Waals surface area (Å²) in [7, 11) is -3.62. The largest absolute Gasteiger partial charge is 0.263 e. The fourth-order valence-electron chi connectivity index (χ4n) is 1.95. The highest BCUT2D eigenvalue weighted by molar-refractivity contribution is 7.92. The van der Waals surface area contributed by atoms with Crippen LogP contribution in [0.4, 0.5) is 5.82 Å². The molecule has 0 amide bonds. The van der Waals surface area contributed by atoms with Crippen molar-refractivity contribution in [2.24, 2.45) is 0 Å². The second-order valence-corrected chi connectivity index (χ2v) is 6.01. The number of rotatable bonds is 3. The molecule has 3 aromatic rings. The van der Waals surface area contributed by atoms with E-state index in [0.29, 0.717) is 5.82 Å². The van der Waals surface area contributed by atoms with Gasteiger partial charge in [-0.1, -0.05) is 36.4 Å². The smallest absolute Gasteiger partial charge is 0.263 e. The van der Waals surface area contributed by atoms with Gasteiger partial charge in [-0.05, 0) is 35.0 Å². The van der Waals surface area contributed by atoms with E-state index in [4.69, 9.17) is 0 Å². The summed E-state index contributed by atoms with van der Waals surface area (Å²) in [6, 6.07) is 17.7. The van der Waals surface area contributed by atoms with Gasteiger partial charge < -0.3 is 0 Å². The summed E-state index contributed by atoms with van der Waals surface area (Å²) in [6.45, 7) is 0. The predicted octanol–water partition coefficient (Wildman–Crippen LogP) is 3.04. The summed E-state index contributed by atoms with van der Waals surface area (Å²) in [6.07, 6.45) is 1.54. The summed E-state index contributed by atoms with van der Waals surface area (Å²) in [4.78, 5) is 4.19. The third-order valence-corrected chi connectivity index (χ3v) is 4.29. The highest BCUT2D eigenvalue weighted by Crippen LogP contribution is 2.20. The monoisotopic (exact) mass is 284 g/mol. The topological polar surface area (TPSA) is 59.1 Å². The zero-order chi connectivity index (χ0) is 14.0. The van der Waals surface area contributed by atoms with Crippen LogP contribution < -0.4 is 4.72 Å². The third-order valence-electron chi connectivity index (χ3n) is 2.94. The first-order chi connectivity index (χ1) is 9.65. The Labute approximate surface area is 117 Å². The molecule has 0 fully saturated rings.